The average Bonchev–Trinajstić information content (AvgIpc) is 3.29. The van der Waals surface area contributed by atoms with Gasteiger partial charge in [-0.25, -0.2) is 0 Å². The SMILES string of the molecule is Cc1ccc(-c2c(OCC(O)CN3C[C@H]4CC(O)C[C@H]4C3)ccc3ccccc23)cn1. The van der Waals surface area contributed by atoms with E-state index in [2.05, 4.69) is 34.1 Å². The lowest BCUT2D eigenvalue weighted by atomic mass is 9.98. The summed E-state index contributed by atoms with van der Waals surface area (Å²) in [6.45, 7) is 4.77. The summed E-state index contributed by atoms with van der Waals surface area (Å²) < 4.78 is 6.17. The normalized spacial score (nSPS) is 24.4. The van der Waals surface area contributed by atoms with Crippen LogP contribution >= 0.6 is 0 Å². The number of rotatable bonds is 6. The molecule has 2 unspecified atom stereocenters. The highest BCUT2D eigenvalue weighted by Gasteiger charge is 2.40. The van der Waals surface area contributed by atoms with Gasteiger partial charge in [-0.05, 0) is 54.5 Å². The molecule has 1 aliphatic heterocycles. The fourth-order valence-corrected chi connectivity index (χ4v) is 5.34. The average molecular weight is 419 g/mol. The molecule has 5 rings (SSSR count). The minimum atomic E-state index is -0.556. The molecule has 0 spiro atoms. The van der Waals surface area contributed by atoms with E-state index in [0.29, 0.717) is 18.4 Å². The van der Waals surface area contributed by atoms with Gasteiger partial charge in [0.15, 0.2) is 0 Å². The molecule has 31 heavy (non-hydrogen) atoms. The fourth-order valence-electron chi connectivity index (χ4n) is 5.34. The number of aliphatic hydroxyl groups is 2. The number of aryl methyl sites for hydroxylation is 1. The maximum absolute atomic E-state index is 10.7. The lowest BCUT2D eigenvalue weighted by Crippen LogP contribution is -2.35. The number of aromatic nitrogens is 1. The molecular formula is C26H30N2O3. The van der Waals surface area contributed by atoms with Crippen molar-refractivity contribution < 1.29 is 14.9 Å². The summed E-state index contributed by atoms with van der Waals surface area (Å²) in [6, 6.07) is 16.4. The molecule has 0 bridgehead atoms. The van der Waals surface area contributed by atoms with Gasteiger partial charge in [-0.3, -0.25) is 4.98 Å². The maximum Gasteiger partial charge on any atom is 0.127 e. The van der Waals surface area contributed by atoms with Gasteiger partial charge in [0, 0.05) is 42.7 Å². The molecule has 5 nitrogen and oxygen atoms in total. The van der Waals surface area contributed by atoms with E-state index in [-0.39, 0.29) is 12.7 Å². The number of ether oxygens (including phenoxy) is 1. The molecule has 4 atom stereocenters. The Balaban J connectivity index is 1.31. The zero-order valence-electron chi connectivity index (χ0n) is 17.9. The third kappa shape index (κ3) is 4.31. The van der Waals surface area contributed by atoms with E-state index in [9.17, 15) is 10.2 Å². The molecule has 2 fully saturated rings. The van der Waals surface area contributed by atoms with E-state index >= 15 is 0 Å². The summed E-state index contributed by atoms with van der Waals surface area (Å²) in [4.78, 5) is 6.79. The summed E-state index contributed by atoms with van der Waals surface area (Å²) in [7, 11) is 0. The molecule has 1 saturated carbocycles. The number of benzene rings is 2. The van der Waals surface area contributed by atoms with Crippen molar-refractivity contribution in [3.05, 3.63) is 60.4 Å². The van der Waals surface area contributed by atoms with Crippen LogP contribution in [0.4, 0.5) is 0 Å². The second-order valence-corrected chi connectivity index (χ2v) is 9.18. The number of hydrogen-bond donors (Lipinski definition) is 2. The van der Waals surface area contributed by atoms with Crippen molar-refractivity contribution in [1.29, 1.82) is 0 Å². The Labute approximate surface area is 183 Å². The predicted molar refractivity (Wildman–Crippen MR) is 122 cm³/mol. The van der Waals surface area contributed by atoms with Crippen molar-refractivity contribution >= 4 is 10.8 Å². The molecule has 2 aliphatic rings. The van der Waals surface area contributed by atoms with Gasteiger partial charge in [0.2, 0.25) is 0 Å². The van der Waals surface area contributed by atoms with Gasteiger partial charge in [-0.15, -0.1) is 0 Å². The molecule has 162 valence electrons. The van der Waals surface area contributed by atoms with Crippen LogP contribution in [0.1, 0.15) is 18.5 Å². The molecule has 2 heterocycles. The molecule has 0 amide bonds. The van der Waals surface area contributed by atoms with Crippen LogP contribution in [0.2, 0.25) is 0 Å². The number of aliphatic hydroxyl groups excluding tert-OH is 2. The first-order valence-corrected chi connectivity index (χ1v) is 11.2. The minimum absolute atomic E-state index is 0.131. The Bertz CT molecular complexity index is 1040. The second-order valence-electron chi connectivity index (χ2n) is 9.18. The van der Waals surface area contributed by atoms with Crippen LogP contribution in [0.5, 0.6) is 5.75 Å². The Hall–Kier alpha value is -2.47. The summed E-state index contributed by atoms with van der Waals surface area (Å²) in [6.07, 6.45) is 3.00. The molecule has 0 radical (unpaired) electrons. The molecule has 1 aliphatic carbocycles. The highest BCUT2D eigenvalue weighted by atomic mass is 16.5. The van der Waals surface area contributed by atoms with Crippen molar-refractivity contribution in [2.75, 3.05) is 26.2 Å². The summed E-state index contributed by atoms with van der Waals surface area (Å²) in [5.74, 6) is 1.92. The van der Waals surface area contributed by atoms with Gasteiger partial charge in [0.25, 0.3) is 0 Å². The summed E-state index contributed by atoms with van der Waals surface area (Å²) in [5, 5.41) is 22.8. The second kappa shape index (κ2) is 8.58. The van der Waals surface area contributed by atoms with E-state index in [4.69, 9.17) is 4.74 Å². The largest absolute Gasteiger partial charge is 0.490 e. The van der Waals surface area contributed by atoms with Crippen LogP contribution in [0.25, 0.3) is 21.9 Å². The van der Waals surface area contributed by atoms with Gasteiger partial charge in [-0.2, -0.15) is 0 Å². The molecule has 3 aromatic rings. The Morgan fingerprint density at radius 2 is 1.84 bits per heavy atom. The third-order valence-electron chi connectivity index (χ3n) is 6.79. The lowest BCUT2D eigenvalue weighted by molar-refractivity contribution is 0.0710. The van der Waals surface area contributed by atoms with Crippen LogP contribution in [0.3, 0.4) is 0 Å². The van der Waals surface area contributed by atoms with Crippen molar-refractivity contribution in [2.45, 2.75) is 32.0 Å². The predicted octanol–water partition coefficient (Wildman–Crippen LogP) is 3.65. The topological polar surface area (TPSA) is 65.8 Å². The van der Waals surface area contributed by atoms with Crippen molar-refractivity contribution in [3.63, 3.8) is 0 Å². The third-order valence-corrected chi connectivity index (χ3v) is 6.79. The Morgan fingerprint density at radius 3 is 2.58 bits per heavy atom. The first kappa shape index (κ1) is 20.4. The standard InChI is InChI=1S/C26H30N2O3/c1-17-6-7-19(12-27-17)26-24-5-3-2-4-18(24)8-9-25(26)31-16-23(30)15-28-13-20-10-22(29)11-21(20)14-28/h2-9,12,20-23,29-30H,10-11,13-16H2,1H3/t20-,21+,22?,23?. The molecular weight excluding hydrogens is 388 g/mol. The smallest absolute Gasteiger partial charge is 0.127 e. The molecule has 1 saturated heterocycles. The lowest BCUT2D eigenvalue weighted by Gasteiger charge is -2.22. The minimum Gasteiger partial charge on any atom is -0.490 e. The summed E-state index contributed by atoms with van der Waals surface area (Å²) >= 11 is 0. The number of likely N-dealkylation sites (tertiary alicyclic amines) is 1. The van der Waals surface area contributed by atoms with Crippen LogP contribution in [0.15, 0.2) is 54.7 Å². The Kier molecular flexibility index (Phi) is 5.65. The van der Waals surface area contributed by atoms with E-state index in [1.165, 1.54) is 0 Å². The van der Waals surface area contributed by atoms with Crippen molar-refractivity contribution in [3.8, 4) is 16.9 Å². The van der Waals surface area contributed by atoms with E-state index in [0.717, 1.165) is 59.3 Å². The number of pyridine rings is 1. The highest BCUT2D eigenvalue weighted by Crippen LogP contribution is 2.39. The van der Waals surface area contributed by atoms with Crippen LogP contribution in [-0.2, 0) is 0 Å². The molecule has 2 aromatic carbocycles. The van der Waals surface area contributed by atoms with Crippen LogP contribution in [0, 0.1) is 18.8 Å². The zero-order chi connectivity index (χ0) is 21.4. The zero-order valence-corrected chi connectivity index (χ0v) is 17.9. The van der Waals surface area contributed by atoms with Crippen molar-refractivity contribution in [2.24, 2.45) is 11.8 Å². The number of hydrogen-bond acceptors (Lipinski definition) is 5. The first-order chi connectivity index (χ1) is 15.1. The molecule has 1 aromatic heterocycles. The molecule has 2 N–H and O–H groups in total. The fraction of sp³-hybridized carbons (Fsp3) is 0.423. The van der Waals surface area contributed by atoms with Crippen molar-refractivity contribution in [1.82, 2.24) is 9.88 Å². The first-order valence-electron chi connectivity index (χ1n) is 11.2. The number of fused-ring (bicyclic) bond motifs is 2. The number of nitrogens with zero attached hydrogens (tertiary/aromatic N) is 2. The van der Waals surface area contributed by atoms with Gasteiger partial charge >= 0.3 is 0 Å². The monoisotopic (exact) mass is 418 g/mol. The van der Waals surface area contributed by atoms with E-state index in [1.54, 1.807) is 0 Å². The quantitative estimate of drug-likeness (QED) is 0.640. The Morgan fingerprint density at radius 1 is 1.06 bits per heavy atom. The summed E-state index contributed by atoms with van der Waals surface area (Å²) in [5.41, 5.74) is 3.00. The van der Waals surface area contributed by atoms with E-state index in [1.807, 2.05) is 37.4 Å². The maximum atomic E-state index is 10.7. The van der Waals surface area contributed by atoms with E-state index < -0.39 is 6.10 Å². The van der Waals surface area contributed by atoms with Gasteiger partial charge in [0.1, 0.15) is 18.5 Å². The molecule has 5 heteroatoms. The van der Waals surface area contributed by atoms with Crippen LogP contribution in [-0.4, -0.2) is 58.5 Å². The van der Waals surface area contributed by atoms with Crippen LogP contribution < -0.4 is 4.74 Å². The van der Waals surface area contributed by atoms with Gasteiger partial charge < -0.3 is 19.8 Å². The van der Waals surface area contributed by atoms with Gasteiger partial charge in [-0.1, -0.05) is 36.4 Å². The highest BCUT2D eigenvalue weighted by molar-refractivity contribution is 5.99. The van der Waals surface area contributed by atoms with Gasteiger partial charge in [0.05, 0.1) is 6.10 Å². The number of β-amino-alcohol motifs (C(OH)–C–C–N with tert-alkyl or cyclic N) is 1.